The molecule has 74 valence electrons. The van der Waals surface area contributed by atoms with Crippen LogP contribution in [0.5, 0.6) is 0 Å². The molecule has 0 spiro atoms. The molecule has 0 fully saturated rings. The van der Waals surface area contributed by atoms with Crippen LogP contribution in [0.2, 0.25) is 0 Å². The van der Waals surface area contributed by atoms with E-state index in [1.807, 2.05) is 0 Å². The Kier molecular flexibility index (Phi) is 5.39. The lowest BCUT2D eigenvalue weighted by atomic mass is 10.4. The molecular formula is C6H17N3O2S. The molecule has 12 heavy (non-hydrogen) atoms. The molecule has 0 aromatic rings. The van der Waals surface area contributed by atoms with Crippen LogP contribution in [-0.4, -0.2) is 34.6 Å². The average molecular weight is 195 g/mol. The maximum Gasteiger partial charge on any atom is 0.277 e. The molecule has 0 aliphatic rings. The summed E-state index contributed by atoms with van der Waals surface area (Å²) < 4.78 is 26.9. The monoisotopic (exact) mass is 195 g/mol. The van der Waals surface area contributed by atoms with Crippen molar-refractivity contribution in [3.63, 3.8) is 0 Å². The molecule has 3 N–H and O–H groups in total. The number of rotatable bonds is 6. The molecule has 0 rings (SSSR count). The zero-order valence-corrected chi connectivity index (χ0v) is 8.53. The Labute approximate surface area is 74.1 Å². The molecule has 5 nitrogen and oxygen atoms in total. The Morgan fingerprint density at radius 1 is 1.25 bits per heavy atom. The van der Waals surface area contributed by atoms with Crippen molar-refractivity contribution in [2.24, 2.45) is 0 Å². The van der Waals surface area contributed by atoms with Gasteiger partial charge in [0.1, 0.15) is 0 Å². The van der Waals surface area contributed by atoms with Gasteiger partial charge in [0.25, 0.3) is 10.2 Å². The quantitative estimate of drug-likeness (QED) is 0.478. The van der Waals surface area contributed by atoms with Gasteiger partial charge in [-0.05, 0) is 20.9 Å². The van der Waals surface area contributed by atoms with E-state index < -0.39 is 10.2 Å². The summed E-state index contributed by atoms with van der Waals surface area (Å²) in [5.74, 6) is 0. The van der Waals surface area contributed by atoms with Crippen molar-refractivity contribution >= 4 is 10.2 Å². The summed E-state index contributed by atoms with van der Waals surface area (Å²) in [5.41, 5.74) is 0. The SMILES string of the molecule is CNCCNS(=O)(=O)NC(C)C. The largest absolute Gasteiger partial charge is 0.318 e. The molecule has 0 aliphatic heterocycles. The molecule has 0 heterocycles. The molecule has 0 aromatic carbocycles. The van der Waals surface area contributed by atoms with E-state index in [1.54, 1.807) is 20.9 Å². The van der Waals surface area contributed by atoms with Crippen molar-refractivity contribution in [2.75, 3.05) is 20.1 Å². The molecule has 0 aromatic heterocycles. The zero-order valence-electron chi connectivity index (χ0n) is 7.72. The van der Waals surface area contributed by atoms with Crippen molar-refractivity contribution in [3.8, 4) is 0 Å². The molecule has 0 saturated heterocycles. The minimum atomic E-state index is -3.29. The van der Waals surface area contributed by atoms with Gasteiger partial charge in [0.05, 0.1) is 0 Å². The summed E-state index contributed by atoms with van der Waals surface area (Å²) in [7, 11) is -1.53. The molecule has 0 bridgehead atoms. The minimum absolute atomic E-state index is 0.0721. The highest BCUT2D eigenvalue weighted by Gasteiger charge is 2.08. The van der Waals surface area contributed by atoms with Crippen LogP contribution >= 0.6 is 0 Å². The molecule has 0 atom stereocenters. The third kappa shape index (κ3) is 6.53. The minimum Gasteiger partial charge on any atom is -0.318 e. The summed E-state index contributed by atoms with van der Waals surface area (Å²) in [4.78, 5) is 0. The maximum atomic E-state index is 11.1. The van der Waals surface area contributed by atoms with Gasteiger partial charge < -0.3 is 5.32 Å². The lowest BCUT2D eigenvalue weighted by Crippen LogP contribution is -2.42. The first kappa shape index (κ1) is 11.8. The van der Waals surface area contributed by atoms with E-state index in [2.05, 4.69) is 14.8 Å². The van der Waals surface area contributed by atoms with Gasteiger partial charge in [-0.2, -0.15) is 13.1 Å². The fourth-order valence-electron chi connectivity index (χ4n) is 0.662. The number of likely N-dealkylation sites (N-methyl/N-ethyl adjacent to an activating group) is 1. The van der Waals surface area contributed by atoms with Gasteiger partial charge in [-0.3, -0.25) is 0 Å². The second kappa shape index (κ2) is 5.47. The van der Waals surface area contributed by atoms with Crippen LogP contribution in [0.1, 0.15) is 13.8 Å². The van der Waals surface area contributed by atoms with Crippen LogP contribution < -0.4 is 14.8 Å². The molecule has 0 unspecified atom stereocenters. The van der Waals surface area contributed by atoms with Gasteiger partial charge in [0, 0.05) is 19.1 Å². The topological polar surface area (TPSA) is 70.2 Å². The smallest absolute Gasteiger partial charge is 0.277 e. The van der Waals surface area contributed by atoms with Crippen molar-refractivity contribution in [2.45, 2.75) is 19.9 Å². The summed E-state index contributed by atoms with van der Waals surface area (Å²) >= 11 is 0. The first-order valence-corrected chi connectivity index (χ1v) is 5.38. The Bertz CT molecular complexity index is 201. The Balaban J connectivity index is 3.73. The molecule has 0 saturated carbocycles. The van der Waals surface area contributed by atoms with E-state index in [0.29, 0.717) is 13.1 Å². The average Bonchev–Trinajstić information content (AvgIpc) is 1.84. The fraction of sp³-hybridized carbons (Fsp3) is 1.00. The lowest BCUT2D eigenvalue weighted by molar-refractivity contribution is 0.553. The first-order valence-electron chi connectivity index (χ1n) is 3.89. The second-order valence-corrected chi connectivity index (χ2v) is 4.31. The molecule has 0 amide bonds. The summed E-state index contributed by atoms with van der Waals surface area (Å²) in [5, 5.41) is 2.84. The van der Waals surface area contributed by atoms with E-state index in [1.165, 1.54) is 0 Å². The Morgan fingerprint density at radius 3 is 2.25 bits per heavy atom. The van der Waals surface area contributed by atoms with Crippen molar-refractivity contribution in [1.82, 2.24) is 14.8 Å². The number of nitrogens with one attached hydrogen (secondary N) is 3. The molecular weight excluding hydrogens is 178 g/mol. The summed E-state index contributed by atoms with van der Waals surface area (Å²) in [6.07, 6.45) is 0. The predicted molar refractivity (Wildman–Crippen MR) is 49.1 cm³/mol. The lowest BCUT2D eigenvalue weighted by Gasteiger charge is -2.09. The third-order valence-corrected chi connectivity index (χ3v) is 2.42. The van der Waals surface area contributed by atoms with Gasteiger partial charge in [-0.25, -0.2) is 4.72 Å². The standard InChI is InChI=1S/C6H17N3O2S/c1-6(2)9-12(10,11)8-5-4-7-3/h6-9H,4-5H2,1-3H3. The van der Waals surface area contributed by atoms with Gasteiger partial charge in [0.15, 0.2) is 0 Å². The molecule has 6 heteroatoms. The van der Waals surface area contributed by atoms with Gasteiger partial charge in [0.2, 0.25) is 0 Å². The van der Waals surface area contributed by atoms with E-state index in [4.69, 9.17) is 0 Å². The van der Waals surface area contributed by atoms with E-state index in [0.717, 1.165) is 0 Å². The van der Waals surface area contributed by atoms with Gasteiger partial charge in [-0.1, -0.05) is 0 Å². The highest BCUT2D eigenvalue weighted by atomic mass is 32.2. The predicted octanol–water partition coefficient (Wildman–Crippen LogP) is -0.962. The van der Waals surface area contributed by atoms with Gasteiger partial charge in [-0.15, -0.1) is 0 Å². The zero-order chi connectivity index (χ0) is 9.61. The van der Waals surface area contributed by atoms with Gasteiger partial charge >= 0.3 is 0 Å². The van der Waals surface area contributed by atoms with Crippen LogP contribution in [0.3, 0.4) is 0 Å². The molecule has 0 radical (unpaired) electrons. The second-order valence-electron chi connectivity index (χ2n) is 2.77. The van der Waals surface area contributed by atoms with E-state index in [9.17, 15) is 8.42 Å². The van der Waals surface area contributed by atoms with E-state index in [-0.39, 0.29) is 6.04 Å². The third-order valence-electron chi connectivity index (χ3n) is 1.06. The number of hydrogen-bond donors (Lipinski definition) is 3. The maximum absolute atomic E-state index is 11.1. The summed E-state index contributed by atoms with van der Waals surface area (Å²) in [6.45, 7) is 4.58. The van der Waals surface area contributed by atoms with Crippen LogP contribution in [-0.2, 0) is 10.2 Å². The summed E-state index contributed by atoms with van der Waals surface area (Å²) in [6, 6.07) is -0.0721. The van der Waals surface area contributed by atoms with Crippen molar-refractivity contribution < 1.29 is 8.42 Å². The van der Waals surface area contributed by atoms with E-state index >= 15 is 0 Å². The first-order chi connectivity index (χ1) is 5.48. The van der Waals surface area contributed by atoms with Crippen LogP contribution in [0.4, 0.5) is 0 Å². The normalized spacial score (nSPS) is 12.3. The Morgan fingerprint density at radius 2 is 1.83 bits per heavy atom. The highest BCUT2D eigenvalue weighted by molar-refractivity contribution is 7.87. The van der Waals surface area contributed by atoms with Crippen LogP contribution in [0.15, 0.2) is 0 Å². The van der Waals surface area contributed by atoms with Crippen LogP contribution in [0, 0.1) is 0 Å². The fourth-order valence-corrected chi connectivity index (χ4v) is 1.74. The molecule has 0 aliphatic carbocycles. The highest BCUT2D eigenvalue weighted by Crippen LogP contribution is 1.81. The van der Waals surface area contributed by atoms with Crippen LogP contribution in [0.25, 0.3) is 0 Å². The van der Waals surface area contributed by atoms with Crippen molar-refractivity contribution in [1.29, 1.82) is 0 Å². The van der Waals surface area contributed by atoms with Crippen molar-refractivity contribution in [3.05, 3.63) is 0 Å². The number of hydrogen-bond acceptors (Lipinski definition) is 3. The Hall–Kier alpha value is -0.170.